The van der Waals surface area contributed by atoms with Gasteiger partial charge < -0.3 is 15.0 Å². The molecule has 0 rings (SSSR count). The van der Waals surface area contributed by atoms with Crippen LogP contribution in [0.15, 0.2) is 0 Å². The van der Waals surface area contributed by atoms with Crippen molar-refractivity contribution >= 4 is 5.97 Å². The molecule has 0 aliphatic heterocycles. The third-order valence-electron chi connectivity index (χ3n) is 2.30. The first-order valence-corrected chi connectivity index (χ1v) is 6.01. The molecule has 96 valence electrons. The molecule has 0 aliphatic carbocycles. The van der Waals surface area contributed by atoms with Crippen molar-refractivity contribution in [3.63, 3.8) is 0 Å². The van der Waals surface area contributed by atoms with Crippen LogP contribution in [0.4, 0.5) is 0 Å². The smallest absolute Gasteiger partial charge is 0.324 e. The molecule has 0 amide bonds. The quantitative estimate of drug-likeness (QED) is 0.634. The number of hydrogen-bond donors (Lipinski definition) is 1. The zero-order chi connectivity index (χ0) is 12.6. The van der Waals surface area contributed by atoms with Crippen LogP contribution in [0.2, 0.25) is 0 Å². The van der Waals surface area contributed by atoms with Crippen molar-refractivity contribution in [3.05, 3.63) is 0 Å². The Balaban J connectivity index is 4.13. The lowest BCUT2D eigenvalue weighted by Crippen LogP contribution is -2.46. The van der Waals surface area contributed by atoms with E-state index in [1.54, 1.807) is 0 Å². The highest BCUT2D eigenvalue weighted by atomic mass is 16.5. The number of methoxy groups -OCH3 is 1. The lowest BCUT2D eigenvalue weighted by molar-refractivity contribution is -0.143. The van der Waals surface area contributed by atoms with Crippen LogP contribution in [-0.2, 0) is 9.53 Å². The van der Waals surface area contributed by atoms with Gasteiger partial charge in [0.05, 0.1) is 7.11 Å². The van der Waals surface area contributed by atoms with E-state index in [0.29, 0.717) is 12.5 Å². The van der Waals surface area contributed by atoms with Crippen molar-refractivity contribution in [3.8, 4) is 0 Å². The van der Waals surface area contributed by atoms with Gasteiger partial charge in [-0.05, 0) is 25.9 Å². The van der Waals surface area contributed by atoms with Gasteiger partial charge in [-0.1, -0.05) is 20.8 Å². The van der Waals surface area contributed by atoms with Gasteiger partial charge in [0.1, 0.15) is 6.04 Å². The van der Waals surface area contributed by atoms with Crippen LogP contribution in [0, 0.1) is 5.92 Å². The maximum Gasteiger partial charge on any atom is 0.324 e. The van der Waals surface area contributed by atoms with Crippen molar-refractivity contribution in [2.24, 2.45) is 5.92 Å². The molecular formula is C12H26N2O2. The molecule has 0 aromatic heterocycles. The van der Waals surface area contributed by atoms with Gasteiger partial charge in [0.15, 0.2) is 0 Å². The second-order valence-electron chi connectivity index (χ2n) is 4.64. The van der Waals surface area contributed by atoms with Crippen LogP contribution < -0.4 is 5.32 Å². The topological polar surface area (TPSA) is 41.6 Å². The molecule has 16 heavy (non-hydrogen) atoms. The lowest BCUT2D eigenvalue weighted by Gasteiger charge is -2.24. The van der Waals surface area contributed by atoms with Crippen LogP contribution in [0.5, 0.6) is 0 Å². The number of nitrogens with zero attached hydrogens (tertiary/aromatic N) is 1. The first-order valence-electron chi connectivity index (χ1n) is 6.01. The zero-order valence-electron chi connectivity index (χ0n) is 11.2. The van der Waals surface area contributed by atoms with Gasteiger partial charge in [0.25, 0.3) is 0 Å². The number of carbonyl (C=O) groups excluding carboxylic acids is 1. The first-order chi connectivity index (χ1) is 7.51. The summed E-state index contributed by atoms with van der Waals surface area (Å²) < 4.78 is 4.79. The summed E-state index contributed by atoms with van der Waals surface area (Å²) in [5, 5.41) is 3.21. The molecule has 0 aliphatic rings. The molecule has 0 saturated carbocycles. The average molecular weight is 230 g/mol. The summed E-state index contributed by atoms with van der Waals surface area (Å²) >= 11 is 0. The van der Waals surface area contributed by atoms with Crippen LogP contribution >= 0.6 is 0 Å². The fourth-order valence-corrected chi connectivity index (χ4v) is 1.69. The van der Waals surface area contributed by atoms with E-state index in [-0.39, 0.29) is 12.0 Å². The van der Waals surface area contributed by atoms with E-state index in [1.807, 2.05) is 7.05 Å². The Kier molecular flexibility index (Phi) is 8.21. The molecule has 0 radical (unpaired) electrons. The summed E-state index contributed by atoms with van der Waals surface area (Å²) in [6.45, 7) is 8.95. The van der Waals surface area contributed by atoms with Crippen LogP contribution in [0.25, 0.3) is 0 Å². The van der Waals surface area contributed by atoms with Crippen LogP contribution in [0.3, 0.4) is 0 Å². The first kappa shape index (κ1) is 15.4. The minimum atomic E-state index is -0.214. The normalized spacial score (nSPS) is 13.2. The summed E-state index contributed by atoms with van der Waals surface area (Å²) in [7, 11) is 3.47. The predicted octanol–water partition coefficient (Wildman–Crippen LogP) is 1.12. The molecule has 4 nitrogen and oxygen atoms in total. The SMILES string of the molecule is CCCNC(CN(C)CC(C)C)C(=O)OC. The van der Waals surface area contributed by atoms with Crippen molar-refractivity contribution in [1.82, 2.24) is 10.2 Å². The Morgan fingerprint density at radius 2 is 2.00 bits per heavy atom. The molecule has 0 fully saturated rings. The van der Waals surface area contributed by atoms with Gasteiger partial charge in [0.2, 0.25) is 0 Å². The second kappa shape index (κ2) is 8.53. The fraction of sp³-hybridized carbons (Fsp3) is 0.917. The number of esters is 1. The molecule has 0 aromatic rings. The Labute approximate surface area is 99.3 Å². The van der Waals surface area contributed by atoms with Crippen molar-refractivity contribution in [2.45, 2.75) is 33.2 Å². The average Bonchev–Trinajstić information content (AvgIpc) is 2.21. The third-order valence-corrected chi connectivity index (χ3v) is 2.30. The standard InChI is InChI=1S/C12H26N2O2/c1-6-7-13-11(12(15)16-5)9-14(4)8-10(2)3/h10-11,13H,6-9H2,1-5H3. The Bertz CT molecular complexity index is 195. The summed E-state index contributed by atoms with van der Waals surface area (Å²) in [5.41, 5.74) is 0. The predicted molar refractivity (Wildman–Crippen MR) is 66.4 cm³/mol. The monoisotopic (exact) mass is 230 g/mol. The summed E-state index contributed by atoms with van der Waals surface area (Å²) in [6.07, 6.45) is 1.02. The maximum absolute atomic E-state index is 11.5. The molecule has 0 saturated heterocycles. The lowest BCUT2D eigenvalue weighted by atomic mass is 10.2. The van der Waals surface area contributed by atoms with Gasteiger partial charge in [-0.3, -0.25) is 4.79 Å². The highest BCUT2D eigenvalue weighted by Crippen LogP contribution is 1.99. The van der Waals surface area contributed by atoms with Crippen molar-refractivity contribution in [1.29, 1.82) is 0 Å². The third kappa shape index (κ3) is 6.80. The van der Waals surface area contributed by atoms with Crippen LogP contribution in [0.1, 0.15) is 27.2 Å². The number of rotatable bonds is 8. The fourth-order valence-electron chi connectivity index (χ4n) is 1.69. The van der Waals surface area contributed by atoms with Gasteiger partial charge >= 0.3 is 5.97 Å². The van der Waals surface area contributed by atoms with E-state index in [4.69, 9.17) is 4.74 Å². The minimum absolute atomic E-state index is 0.177. The van der Waals surface area contributed by atoms with E-state index >= 15 is 0 Å². The van der Waals surface area contributed by atoms with Gasteiger partial charge in [0, 0.05) is 13.1 Å². The molecule has 1 N–H and O–H groups in total. The molecule has 4 heteroatoms. The maximum atomic E-state index is 11.5. The zero-order valence-corrected chi connectivity index (χ0v) is 11.2. The molecule has 1 unspecified atom stereocenters. The highest BCUT2D eigenvalue weighted by Gasteiger charge is 2.20. The van der Waals surface area contributed by atoms with Gasteiger partial charge in [-0.25, -0.2) is 0 Å². The number of carbonyl (C=O) groups is 1. The Morgan fingerprint density at radius 1 is 1.38 bits per heavy atom. The molecule has 0 bridgehead atoms. The largest absolute Gasteiger partial charge is 0.468 e. The Hall–Kier alpha value is -0.610. The van der Waals surface area contributed by atoms with E-state index < -0.39 is 0 Å². The number of nitrogens with one attached hydrogen (secondary N) is 1. The van der Waals surface area contributed by atoms with E-state index in [2.05, 4.69) is 31.0 Å². The summed E-state index contributed by atoms with van der Waals surface area (Å²) in [4.78, 5) is 13.7. The minimum Gasteiger partial charge on any atom is -0.468 e. The molecule has 0 aromatic carbocycles. The van der Waals surface area contributed by atoms with E-state index in [0.717, 1.165) is 19.5 Å². The van der Waals surface area contributed by atoms with E-state index in [9.17, 15) is 4.79 Å². The number of ether oxygens (including phenoxy) is 1. The molecular weight excluding hydrogens is 204 g/mol. The van der Waals surface area contributed by atoms with Gasteiger partial charge in [-0.2, -0.15) is 0 Å². The summed E-state index contributed by atoms with van der Waals surface area (Å²) in [6, 6.07) is -0.214. The highest BCUT2D eigenvalue weighted by molar-refractivity contribution is 5.75. The Morgan fingerprint density at radius 3 is 2.44 bits per heavy atom. The van der Waals surface area contributed by atoms with Crippen LogP contribution in [-0.4, -0.2) is 50.7 Å². The number of hydrogen-bond acceptors (Lipinski definition) is 4. The second-order valence-corrected chi connectivity index (χ2v) is 4.64. The molecule has 0 heterocycles. The molecule has 1 atom stereocenters. The van der Waals surface area contributed by atoms with Gasteiger partial charge in [-0.15, -0.1) is 0 Å². The van der Waals surface area contributed by atoms with E-state index in [1.165, 1.54) is 7.11 Å². The number of likely N-dealkylation sites (N-methyl/N-ethyl adjacent to an activating group) is 1. The summed E-state index contributed by atoms with van der Waals surface area (Å²) in [5.74, 6) is 0.429. The van der Waals surface area contributed by atoms with Crippen molar-refractivity contribution in [2.75, 3.05) is 33.8 Å². The molecule has 0 spiro atoms. The van der Waals surface area contributed by atoms with Crippen molar-refractivity contribution < 1.29 is 9.53 Å².